The van der Waals surface area contributed by atoms with E-state index in [-0.39, 0.29) is 6.03 Å². The van der Waals surface area contributed by atoms with Crippen LogP contribution in [0.15, 0.2) is 41.0 Å². The van der Waals surface area contributed by atoms with Gasteiger partial charge in [0.2, 0.25) is 0 Å². The van der Waals surface area contributed by atoms with Crippen molar-refractivity contribution >= 4 is 17.6 Å². The Hall–Kier alpha value is -2.30. The van der Waals surface area contributed by atoms with Gasteiger partial charge >= 0.3 is 6.03 Å². The van der Waals surface area contributed by atoms with Crippen LogP contribution in [0.3, 0.4) is 0 Å². The second-order valence-electron chi connectivity index (χ2n) is 5.06. The Kier molecular flexibility index (Phi) is 4.40. The van der Waals surface area contributed by atoms with Crippen molar-refractivity contribution in [1.29, 1.82) is 0 Å². The second-order valence-corrected chi connectivity index (χ2v) is 5.06. The average Bonchev–Trinajstić information content (AvgIpc) is 2.78. The van der Waals surface area contributed by atoms with Gasteiger partial charge in [-0.15, -0.1) is 0 Å². The van der Waals surface area contributed by atoms with Gasteiger partial charge in [0.05, 0.1) is 6.54 Å². The molecule has 1 heterocycles. The predicted octanol–water partition coefficient (Wildman–Crippen LogP) is 2.41. The zero-order valence-corrected chi connectivity index (χ0v) is 12.0. The minimum absolute atomic E-state index is 0.244. The summed E-state index contributed by atoms with van der Waals surface area (Å²) in [6, 6.07) is 7.75. The molecule has 1 aromatic rings. The Bertz CT molecular complexity index is 561. The molecule has 106 valence electrons. The summed E-state index contributed by atoms with van der Waals surface area (Å²) < 4.78 is 0. The Labute approximate surface area is 119 Å². The Morgan fingerprint density at radius 2 is 2.00 bits per heavy atom. The molecule has 2 amide bonds. The van der Waals surface area contributed by atoms with Gasteiger partial charge in [0.15, 0.2) is 0 Å². The van der Waals surface area contributed by atoms with E-state index in [1.165, 1.54) is 0 Å². The van der Waals surface area contributed by atoms with Crippen LogP contribution in [0.4, 0.5) is 10.5 Å². The number of hydrogen-bond donors (Lipinski definition) is 3. The summed E-state index contributed by atoms with van der Waals surface area (Å²) >= 11 is 0. The quantitative estimate of drug-likeness (QED) is 0.791. The van der Waals surface area contributed by atoms with Gasteiger partial charge in [-0.2, -0.15) is 0 Å². The van der Waals surface area contributed by atoms with Crippen LogP contribution < -0.4 is 16.0 Å². The van der Waals surface area contributed by atoms with Gasteiger partial charge in [0.1, 0.15) is 5.84 Å². The van der Waals surface area contributed by atoms with Crippen molar-refractivity contribution in [2.75, 3.05) is 11.9 Å². The predicted molar refractivity (Wildman–Crippen MR) is 82.0 cm³/mol. The summed E-state index contributed by atoms with van der Waals surface area (Å²) in [5.74, 6) is 0.811. The molecular weight excluding hydrogens is 252 g/mol. The van der Waals surface area contributed by atoms with Crippen LogP contribution in [-0.2, 0) is 0 Å². The highest BCUT2D eigenvalue weighted by Crippen LogP contribution is 2.13. The molecule has 2 rings (SSSR count). The third kappa shape index (κ3) is 3.85. The highest BCUT2D eigenvalue weighted by molar-refractivity contribution is 5.98. The maximum Gasteiger partial charge on any atom is 0.323 e. The number of aliphatic imine (C=N–C) groups is 1. The van der Waals surface area contributed by atoms with E-state index in [2.05, 4.69) is 20.9 Å². The number of nitrogens with zero attached hydrogens (tertiary/aromatic N) is 1. The molecule has 5 heteroatoms. The number of hydrogen-bond acceptors (Lipinski definition) is 3. The van der Waals surface area contributed by atoms with Crippen LogP contribution in [0.5, 0.6) is 0 Å². The van der Waals surface area contributed by atoms with Crippen LogP contribution in [0, 0.1) is 6.92 Å². The van der Waals surface area contributed by atoms with Crippen molar-refractivity contribution in [3.63, 3.8) is 0 Å². The second kappa shape index (κ2) is 6.23. The highest BCUT2D eigenvalue weighted by atomic mass is 16.2. The number of urea groups is 1. The third-order valence-corrected chi connectivity index (χ3v) is 2.83. The van der Waals surface area contributed by atoms with Crippen molar-refractivity contribution in [2.24, 2.45) is 4.99 Å². The highest BCUT2D eigenvalue weighted by Gasteiger charge is 2.12. The zero-order valence-electron chi connectivity index (χ0n) is 12.0. The van der Waals surface area contributed by atoms with Gasteiger partial charge < -0.3 is 16.0 Å². The molecule has 0 bridgehead atoms. The summed E-state index contributed by atoms with van der Waals surface area (Å²) in [7, 11) is 0. The third-order valence-electron chi connectivity index (χ3n) is 2.83. The van der Waals surface area contributed by atoms with Crippen molar-refractivity contribution in [3.8, 4) is 0 Å². The molecule has 1 aromatic carbocycles. The molecule has 0 saturated heterocycles. The van der Waals surface area contributed by atoms with Crippen molar-refractivity contribution in [1.82, 2.24) is 10.6 Å². The smallest absolute Gasteiger partial charge is 0.323 e. The molecule has 0 aliphatic carbocycles. The van der Waals surface area contributed by atoms with Gasteiger partial charge in [-0.05, 0) is 32.4 Å². The number of amidine groups is 1. The number of anilines is 1. The maximum atomic E-state index is 11.9. The van der Waals surface area contributed by atoms with Gasteiger partial charge in [0.25, 0.3) is 0 Å². The SMILES string of the molecule is Cc1ccccc1NC(=O)NC1=CC(NC(C)C)=NC1. The van der Waals surface area contributed by atoms with Crippen LogP contribution in [-0.4, -0.2) is 24.5 Å². The monoisotopic (exact) mass is 272 g/mol. The average molecular weight is 272 g/mol. The van der Waals surface area contributed by atoms with Crippen molar-refractivity contribution < 1.29 is 4.79 Å². The largest absolute Gasteiger partial charge is 0.368 e. The first-order chi connectivity index (χ1) is 9.54. The molecule has 0 atom stereocenters. The minimum atomic E-state index is -0.244. The molecule has 20 heavy (non-hydrogen) atoms. The van der Waals surface area contributed by atoms with E-state index in [1.807, 2.05) is 51.1 Å². The molecule has 1 aliphatic heterocycles. The topological polar surface area (TPSA) is 65.5 Å². The maximum absolute atomic E-state index is 11.9. The van der Waals surface area contributed by atoms with Crippen molar-refractivity contribution in [2.45, 2.75) is 26.8 Å². The summed E-state index contributed by atoms with van der Waals surface area (Å²) in [6.45, 7) is 6.55. The molecule has 0 radical (unpaired) electrons. The lowest BCUT2D eigenvalue weighted by molar-refractivity contribution is 0.254. The molecule has 0 fully saturated rings. The summed E-state index contributed by atoms with van der Waals surface area (Å²) in [5, 5.41) is 8.85. The number of nitrogens with one attached hydrogen (secondary N) is 3. The number of para-hydroxylation sites is 1. The Balaban J connectivity index is 1.89. The molecule has 1 aliphatic rings. The molecule has 5 nitrogen and oxygen atoms in total. The lowest BCUT2D eigenvalue weighted by Crippen LogP contribution is -2.30. The fourth-order valence-electron chi connectivity index (χ4n) is 1.90. The van der Waals surface area contributed by atoms with Gasteiger partial charge in [-0.25, -0.2) is 4.79 Å². The van der Waals surface area contributed by atoms with Gasteiger partial charge in [-0.1, -0.05) is 18.2 Å². The normalized spacial score (nSPS) is 13.8. The van der Waals surface area contributed by atoms with Crippen LogP contribution >= 0.6 is 0 Å². The molecular formula is C15H20N4O. The van der Waals surface area contributed by atoms with E-state index >= 15 is 0 Å². The molecule has 0 unspecified atom stereocenters. The van der Waals surface area contributed by atoms with E-state index < -0.39 is 0 Å². The number of carbonyl (C=O) groups is 1. The number of amides is 2. The fraction of sp³-hybridized carbons (Fsp3) is 0.333. The fourth-order valence-corrected chi connectivity index (χ4v) is 1.90. The first-order valence-corrected chi connectivity index (χ1v) is 6.70. The summed E-state index contributed by atoms with van der Waals surface area (Å²) in [6.07, 6.45) is 1.86. The van der Waals surface area contributed by atoms with Gasteiger partial charge in [-0.3, -0.25) is 4.99 Å². The molecule has 3 N–H and O–H groups in total. The lowest BCUT2D eigenvalue weighted by atomic mass is 10.2. The zero-order chi connectivity index (χ0) is 14.5. The van der Waals surface area contributed by atoms with E-state index in [0.717, 1.165) is 22.8 Å². The van der Waals surface area contributed by atoms with E-state index in [1.54, 1.807) is 0 Å². The number of carbonyl (C=O) groups excluding carboxylic acids is 1. The standard InChI is InChI=1S/C15H20N4O/c1-10(2)17-14-8-12(9-16-14)18-15(20)19-13-7-5-4-6-11(13)3/h4-8,10H,9H2,1-3H3,(H,16,17)(H2,18,19,20). The molecule has 0 saturated carbocycles. The van der Waals surface area contributed by atoms with E-state index in [0.29, 0.717) is 12.6 Å². The summed E-state index contributed by atoms with van der Waals surface area (Å²) in [5.41, 5.74) is 2.63. The first-order valence-electron chi connectivity index (χ1n) is 6.70. The Morgan fingerprint density at radius 3 is 2.70 bits per heavy atom. The number of benzene rings is 1. The molecule has 0 aromatic heterocycles. The van der Waals surface area contributed by atoms with Crippen molar-refractivity contribution in [3.05, 3.63) is 41.6 Å². The minimum Gasteiger partial charge on any atom is -0.368 e. The lowest BCUT2D eigenvalue weighted by Gasteiger charge is -2.09. The van der Waals surface area contributed by atoms with Crippen LogP contribution in [0.1, 0.15) is 19.4 Å². The van der Waals surface area contributed by atoms with Crippen LogP contribution in [0.2, 0.25) is 0 Å². The summed E-state index contributed by atoms with van der Waals surface area (Å²) in [4.78, 5) is 16.2. The first kappa shape index (κ1) is 14.1. The van der Waals surface area contributed by atoms with E-state index in [4.69, 9.17) is 0 Å². The Morgan fingerprint density at radius 1 is 1.25 bits per heavy atom. The molecule has 0 spiro atoms. The van der Waals surface area contributed by atoms with E-state index in [9.17, 15) is 4.79 Å². The van der Waals surface area contributed by atoms with Crippen LogP contribution in [0.25, 0.3) is 0 Å². The number of aryl methyl sites for hydroxylation is 1. The number of rotatable bonds is 3. The van der Waals surface area contributed by atoms with Gasteiger partial charge in [0, 0.05) is 23.5 Å².